The summed E-state index contributed by atoms with van der Waals surface area (Å²) in [6, 6.07) is 0.252. The third-order valence-electron chi connectivity index (χ3n) is 3.42. The lowest BCUT2D eigenvalue weighted by Gasteiger charge is -2.18. The quantitative estimate of drug-likeness (QED) is 0.753. The van der Waals surface area contributed by atoms with Gasteiger partial charge in [-0.15, -0.1) is 0 Å². The van der Waals surface area contributed by atoms with Crippen LogP contribution >= 0.6 is 0 Å². The van der Waals surface area contributed by atoms with Gasteiger partial charge in [-0.25, -0.2) is 0 Å². The van der Waals surface area contributed by atoms with Gasteiger partial charge < -0.3 is 5.32 Å². The minimum Gasteiger partial charge on any atom is -0.317 e. The Labute approximate surface area is 89.4 Å². The normalized spacial score (nSPS) is 26.4. The highest BCUT2D eigenvalue weighted by molar-refractivity contribution is 5.01. The Morgan fingerprint density at radius 1 is 1.40 bits per heavy atom. The predicted molar refractivity (Wildman–Crippen MR) is 54.6 cm³/mol. The zero-order chi connectivity index (χ0) is 11.7. The van der Waals surface area contributed by atoms with Crippen molar-refractivity contribution in [3.05, 3.63) is 0 Å². The highest BCUT2D eigenvalue weighted by atomic mass is 19.4. The van der Waals surface area contributed by atoms with Gasteiger partial charge in [0.2, 0.25) is 0 Å². The Balaban J connectivity index is 2.24. The molecule has 0 radical (unpaired) electrons. The van der Waals surface area contributed by atoms with E-state index in [2.05, 4.69) is 19.2 Å². The molecule has 0 aromatic rings. The first-order valence-electron chi connectivity index (χ1n) is 5.50. The Hall–Kier alpha value is -0.250. The van der Waals surface area contributed by atoms with Crippen LogP contribution in [0.2, 0.25) is 0 Å². The Morgan fingerprint density at radius 3 is 2.27 bits per heavy atom. The number of hydrogen-bond donors (Lipinski definition) is 1. The minimum atomic E-state index is -4.00. The van der Waals surface area contributed by atoms with Crippen molar-refractivity contribution in [3.63, 3.8) is 0 Å². The molecule has 2 atom stereocenters. The molecule has 1 aliphatic rings. The van der Waals surface area contributed by atoms with Crippen LogP contribution in [0.4, 0.5) is 13.2 Å². The van der Waals surface area contributed by atoms with Crippen molar-refractivity contribution >= 4 is 0 Å². The molecule has 1 aliphatic carbocycles. The van der Waals surface area contributed by atoms with Crippen LogP contribution in [-0.2, 0) is 0 Å². The van der Waals surface area contributed by atoms with E-state index >= 15 is 0 Å². The first kappa shape index (κ1) is 12.8. The van der Waals surface area contributed by atoms with Crippen molar-refractivity contribution in [1.82, 2.24) is 5.32 Å². The molecular weight excluding hydrogens is 203 g/mol. The molecule has 0 aliphatic heterocycles. The summed E-state index contributed by atoms with van der Waals surface area (Å²) in [6.45, 7) is 4.34. The Morgan fingerprint density at radius 2 is 1.93 bits per heavy atom. The number of halogens is 3. The van der Waals surface area contributed by atoms with Crippen LogP contribution in [0.1, 0.15) is 39.5 Å². The fourth-order valence-corrected chi connectivity index (χ4v) is 2.26. The SMILES string of the molecule is CNC(CCCC(F)(F)F)C1CC1(C)C. The van der Waals surface area contributed by atoms with E-state index in [0.29, 0.717) is 17.8 Å². The largest absolute Gasteiger partial charge is 0.389 e. The summed E-state index contributed by atoms with van der Waals surface area (Å²) in [7, 11) is 1.84. The maximum absolute atomic E-state index is 12.0. The molecule has 0 aromatic heterocycles. The van der Waals surface area contributed by atoms with Gasteiger partial charge in [-0.2, -0.15) is 13.2 Å². The van der Waals surface area contributed by atoms with Gasteiger partial charge in [-0.3, -0.25) is 0 Å². The standard InChI is InChI=1S/C11H20F3N/c1-10(2)7-8(10)9(15-3)5-4-6-11(12,13)14/h8-9,15H,4-7H2,1-3H3. The topological polar surface area (TPSA) is 12.0 Å². The van der Waals surface area contributed by atoms with Gasteiger partial charge in [0.15, 0.2) is 0 Å². The summed E-state index contributed by atoms with van der Waals surface area (Å²) in [5, 5.41) is 3.14. The second kappa shape index (κ2) is 4.32. The van der Waals surface area contributed by atoms with Crippen LogP contribution in [0.15, 0.2) is 0 Å². The molecule has 0 heterocycles. The lowest BCUT2D eigenvalue weighted by atomic mass is 9.99. The maximum Gasteiger partial charge on any atom is 0.389 e. The second-order valence-corrected chi connectivity index (χ2v) is 5.20. The average molecular weight is 223 g/mol. The molecule has 1 N–H and O–H groups in total. The summed E-state index contributed by atoms with van der Waals surface area (Å²) in [5.41, 5.74) is 0.325. The number of rotatable bonds is 5. The number of nitrogens with one attached hydrogen (secondary N) is 1. The Bertz CT molecular complexity index is 210. The van der Waals surface area contributed by atoms with Crippen molar-refractivity contribution in [2.24, 2.45) is 11.3 Å². The Kier molecular flexibility index (Phi) is 3.69. The van der Waals surface area contributed by atoms with Crippen LogP contribution in [-0.4, -0.2) is 19.3 Å². The molecule has 1 rings (SSSR count). The summed E-state index contributed by atoms with van der Waals surface area (Å²) in [6.07, 6.45) is -2.66. The van der Waals surface area contributed by atoms with E-state index in [4.69, 9.17) is 0 Å². The zero-order valence-electron chi connectivity index (χ0n) is 9.62. The molecule has 0 spiro atoms. The smallest absolute Gasteiger partial charge is 0.317 e. The van der Waals surface area contributed by atoms with Gasteiger partial charge in [-0.1, -0.05) is 13.8 Å². The third kappa shape index (κ3) is 4.01. The summed E-state index contributed by atoms with van der Waals surface area (Å²) >= 11 is 0. The summed E-state index contributed by atoms with van der Waals surface area (Å²) < 4.78 is 35.9. The molecule has 0 aromatic carbocycles. The van der Waals surface area contributed by atoms with Gasteiger partial charge >= 0.3 is 6.18 Å². The molecular formula is C11H20F3N. The van der Waals surface area contributed by atoms with Crippen LogP contribution in [0.25, 0.3) is 0 Å². The molecule has 90 valence electrons. The summed E-state index contributed by atoms with van der Waals surface area (Å²) in [5.74, 6) is 0.552. The van der Waals surface area contributed by atoms with Crippen LogP contribution < -0.4 is 5.32 Å². The van der Waals surface area contributed by atoms with E-state index in [1.54, 1.807) is 0 Å². The van der Waals surface area contributed by atoms with E-state index in [-0.39, 0.29) is 12.5 Å². The zero-order valence-corrected chi connectivity index (χ0v) is 9.62. The van der Waals surface area contributed by atoms with E-state index in [1.165, 1.54) is 0 Å². The van der Waals surface area contributed by atoms with E-state index < -0.39 is 12.6 Å². The van der Waals surface area contributed by atoms with Gasteiger partial charge in [0, 0.05) is 12.5 Å². The van der Waals surface area contributed by atoms with E-state index in [1.807, 2.05) is 7.05 Å². The van der Waals surface area contributed by atoms with Crippen molar-refractivity contribution in [3.8, 4) is 0 Å². The van der Waals surface area contributed by atoms with Crippen molar-refractivity contribution in [1.29, 1.82) is 0 Å². The first-order valence-corrected chi connectivity index (χ1v) is 5.50. The molecule has 0 amide bonds. The molecule has 1 fully saturated rings. The second-order valence-electron chi connectivity index (χ2n) is 5.20. The molecule has 0 saturated heterocycles. The lowest BCUT2D eigenvalue weighted by molar-refractivity contribution is -0.135. The van der Waals surface area contributed by atoms with Crippen LogP contribution in [0.5, 0.6) is 0 Å². The van der Waals surface area contributed by atoms with Gasteiger partial charge in [0.25, 0.3) is 0 Å². The number of hydrogen-bond acceptors (Lipinski definition) is 1. The van der Waals surface area contributed by atoms with Gasteiger partial charge in [0.05, 0.1) is 0 Å². The van der Waals surface area contributed by atoms with Crippen molar-refractivity contribution in [2.75, 3.05) is 7.05 Å². The highest BCUT2D eigenvalue weighted by Gasteiger charge is 2.49. The van der Waals surface area contributed by atoms with E-state index in [9.17, 15) is 13.2 Å². The molecule has 0 bridgehead atoms. The predicted octanol–water partition coefficient (Wildman–Crippen LogP) is 3.35. The first-order chi connectivity index (χ1) is 6.76. The molecule has 4 heteroatoms. The molecule has 15 heavy (non-hydrogen) atoms. The fraction of sp³-hybridized carbons (Fsp3) is 1.00. The third-order valence-corrected chi connectivity index (χ3v) is 3.42. The number of alkyl halides is 3. The average Bonchev–Trinajstić information content (AvgIpc) is 2.67. The van der Waals surface area contributed by atoms with Crippen molar-refractivity contribution in [2.45, 2.75) is 51.7 Å². The molecule has 1 nitrogen and oxygen atoms in total. The van der Waals surface area contributed by atoms with Gasteiger partial charge in [-0.05, 0) is 37.6 Å². The van der Waals surface area contributed by atoms with Crippen LogP contribution in [0.3, 0.4) is 0 Å². The highest BCUT2D eigenvalue weighted by Crippen LogP contribution is 2.54. The lowest BCUT2D eigenvalue weighted by Crippen LogP contribution is -2.29. The summed E-state index contributed by atoms with van der Waals surface area (Å²) in [4.78, 5) is 0. The molecule has 2 unspecified atom stereocenters. The fourth-order valence-electron chi connectivity index (χ4n) is 2.26. The van der Waals surface area contributed by atoms with E-state index in [0.717, 1.165) is 6.42 Å². The van der Waals surface area contributed by atoms with Crippen LogP contribution in [0, 0.1) is 11.3 Å². The molecule has 1 saturated carbocycles. The monoisotopic (exact) mass is 223 g/mol. The van der Waals surface area contributed by atoms with Crippen molar-refractivity contribution < 1.29 is 13.2 Å². The minimum absolute atomic E-state index is 0.238. The maximum atomic E-state index is 12.0. The van der Waals surface area contributed by atoms with Gasteiger partial charge in [0.1, 0.15) is 0 Å².